The van der Waals surface area contributed by atoms with Crippen molar-refractivity contribution in [1.82, 2.24) is 4.98 Å². The number of ether oxygens (including phenoxy) is 3. The maximum Gasteiger partial charge on any atom is 0.310 e. The Kier molecular flexibility index (Phi) is 5.22. The van der Waals surface area contributed by atoms with Crippen LogP contribution in [0.4, 0.5) is 14.5 Å². The van der Waals surface area contributed by atoms with Crippen molar-refractivity contribution in [2.45, 2.75) is 42.6 Å². The first-order valence-corrected chi connectivity index (χ1v) is 10.7. The number of halogens is 2. The second-order valence-electron chi connectivity index (χ2n) is 8.53. The van der Waals surface area contributed by atoms with Crippen LogP contribution in [0.5, 0.6) is 5.75 Å². The van der Waals surface area contributed by atoms with E-state index in [2.05, 4.69) is 15.3 Å². The van der Waals surface area contributed by atoms with Gasteiger partial charge in [0.15, 0.2) is 24.1 Å². The number of alkyl halides is 2. The number of nitrogens with one attached hydrogen (secondary N) is 1. The van der Waals surface area contributed by atoms with Crippen molar-refractivity contribution in [3.63, 3.8) is 0 Å². The molecule has 1 fully saturated rings. The van der Waals surface area contributed by atoms with Gasteiger partial charge in [-0.2, -0.15) is 14.0 Å². The fourth-order valence-electron chi connectivity index (χ4n) is 4.77. The molecular formula is C23H21F2N5O4. The van der Waals surface area contributed by atoms with E-state index in [0.29, 0.717) is 19.4 Å². The molecule has 0 radical (unpaired) electrons. The third-order valence-corrected chi connectivity index (χ3v) is 6.47. The molecule has 176 valence electrons. The van der Waals surface area contributed by atoms with Gasteiger partial charge in [0, 0.05) is 30.5 Å². The van der Waals surface area contributed by atoms with Gasteiger partial charge in [-0.15, -0.1) is 0 Å². The van der Waals surface area contributed by atoms with E-state index < -0.39 is 35.8 Å². The molecule has 11 heteroatoms. The van der Waals surface area contributed by atoms with Crippen LogP contribution in [0.3, 0.4) is 0 Å². The summed E-state index contributed by atoms with van der Waals surface area (Å²) in [7, 11) is 0. The third-order valence-electron chi connectivity index (χ3n) is 6.47. The minimum atomic E-state index is -3.39. The van der Waals surface area contributed by atoms with Crippen LogP contribution in [0.15, 0.2) is 41.5 Å². The number of hydrogen-bond acceptors (Lipinski definition) is 8. The molecule has 1 unspecified atom stereocenters. The Bertz CT molecular complexity index is 1220. The van der Waals surface area contributed by atoms with Crippen LogP contribution in [0, 0.1) is 11.3 Å². The van der Waals surface area contributed by atoms with E-state index in [0.717, 1.165) is 6.40 Å². The number of nitrogens with zero attached hydrogens (tertiary/aromatic N) is 3. The number of benzene rings is 1. The maximum atomic E-state index is 15.5. The van der Waals surface area contributed by atoms with Gasteiger partial charge < -0.3 is 25.3 Å². The zero-order chi connectivity index (χ0) is 24.0. The van der Waals surface area contributed by atoms with E-state index in [4.69, 9.17) is 19.9 Å². The molecule has 3 atom stereocenters. The van der Waals surface area contributed by atoms with Gasteiger partial charge in [-0.3, -0.25) is 4.79 Å². The molecule has 2 spiro atoms. The van der Waals surface area contributed by atoms with E-state index in [1.54, 1.807) is 0 Å². The lowest BCUT2D eigenvalue weighted by Gasteiger charge is -2.52. The summed E-state index contributed by atoms with van der Waals surface area (Å²) in [6.45, 7) is -0.448. The average Bonchev–Trinajstić information content (AvgIpc) is 2.83. The largest absolute Gasteiger partial charge is 0.483 e. The highest BCUT2D eigenvalue weighted by atomic mass is 19.3. The monoisotopic (exact) mass is 469 g/mol. The molecule has 2 aromatic rings. The molecule has 3 aliphatic heterocycles. The summed E-state index contributed by atoms with van der Waals surface area (Å²) >= 11 is 0. The number of fused-ring (bicyclic) bond motifs is 2. The van der Waals surface area contributed by atoms with Crippen molar-refractivity contribution in [3.8, 4) is 11.8 Å². The predicted octanol–water partition coefficient (Wildman–Crippen LogP) is 2.71. The zero-order valence-corrected chi connectivity index (χ0v) is 18.0. The molecule has 9 nitrogen and oxygen atoms in total. The number of nitrogens with two attached hydrogens (primary N) is 1. The smallest absolute Gasteiger partial charge is 0.310 e. The van der Waals surface area contributed by atoms with E-state index in [-0.39, 0.29) is 34.7 Å². The first-order chi connectivity index (χ1) is 16.3. The van der Waals surface area contributed by atoms with Gasteiger partial charge in [-0.05, 0) is 43.2 Å². The minimum Gasteiger partial charge on any atom is -0.483 e. The van der Waals surface area contributed by atoms with Crippen molar-refractivity contribution in [2.24, 2.45) is 10.7 Å². The number of carbonyl (C=O) groups is 1. The zero-order valence-electron chi connectivity index (χ0n) is 18.0. The van der Waals surface area contributed by atoms with E-state index in [9.17, 15) is 10.1 Å². The lowest BCUT2D eigenvalue weighted by molar-refractivity contribution is -0.190. The fraction of sp³-hybridized carbons (Fsp3) is 0.391. The van der Waals surface area contributed by atoms with Gasteiger partial charge in [0.1, 0.15) is 23.7 Å². The van der Waals surface area contributed by atoms with Crippen LogP contribution in [0.1, 0.15) is 40.9 Å². The summed E-state index contributed by atoms with van der Waals surface area (Å²) in [4.78, 5) is 20.9. The van der Waals surface area contributed by atoms with Crippen LogP contribution < -0.4 is 15.8 Å². The van der Waals surface area contributed by atoms with Crippen LogP contribution in [-0.4, -0.2) is 48.3 Å². The normalized spacial score (nSPS) is 28.9. The molecule has 34 heavy (non-hydrogen) atoms. The number of amides is 1. The summed E-state index contributed by atoms with van der Waals surface area (Å²) in [5.41, 5.74) is 3.32. The highest BCUT2D eigenvalue weighted by molar-refractivity contribution is 6.04. The van der Waals surface area contributed by atoms with Crippen molar-refractivity contribution in [3.05, 3.63) is 53.3 Å². The first-order valence-electron chi connectivity index (χ1n) is 10.7. The summed E-state index contributed by atoms with van der Waals surface area (Å²) in [6.07, 6.45) is 2.30. The van der Waals surface area contributed by atoms with Gasteiger partial charge in [0.05, 0.1) is 5.56 Å². The summed E-state index contributed by atoms with van der Waals surface area (Å²) in [5, 5.41) is 11.9. The summed E-state index contributed by atoms with van der Waals surface area (Å²) in [6, 6.07) is 9.33. The van der Waals surface area contributed by atoms with Crippen LogP contribution in [-0.2, 0) is 15.0 Å². The second kappa shape index (κ2) is 8.00. The Balaban J connectivity index is 1.58. The Morgan fingerprint density at radius 3 is 2.94 bits per heavy atom. The van der Waals surface area contributed by atoms with Crippen molar-refractivity contribution in [2.75, 3.05) is 18.5 Å². The highest BCUT2D eigenvalue weighted by Crippen LogP contribution is 2.57. The fourth-order valence-corrected chi connectivity index (χ4v) is 4.77. The van der Waals surface area contributed by atoms with E-state index in [1.165, 1.54) is 36.5 Å². The van der Waals surface area contributed by atoms with Crippen LogP contribution >= 0.6 is 0 Å². The van der Waals surface area contributed by atoms with Crippen LogP contribution in [0.25, 0.3) is 0 Å². The predicted molar refractivity (Wildman–Crippen MR) is 116 cm³/mol. The Morgan fingerprint density at radius 1 is 1.32 bits per heavy atom. The number of aromatic nitrogens is 1. The molecular weight excluding hydrogens is 448 g/mol. The highest BCUT2D eigenvalue weighted by Gasteiger charge is 2.65. The Morgan fingerprint density at radius 2 is 2.18 bits per heavy atom. The molecule has 0 aliphatic carbocycles. The number of anilines is 1. The topological polar surface area (TPSA) is 132 Å². The molecule has 5 rings (SSSR count). The number of aliphatic imine (C=N–C) groups is 1. The van der Waals surface area contributed by atoms with E-state index in [1.807, 2.05) is 6.07 Å². The van der Waals surface area contributed by atoms with Crippen LogP contribution in [0.2, 0.25) is 0 Å². The van der Waals surface area contributed by atoms with Crippen molar-refractivity contribution >= 4 is 18.0 Å². The number of hydrogen-bond donors (Lipinski definition) is 2. The molecule has 3 aliphatic rings. The second-order valence-corrected chi connectivity index (χ2v) is 8.53. The Hall–Kier alpha value is -3.62. The number of pyridine rings is 1. The molecule has 1 aromatic carbocycles. The molecule has 1 aromatic heterocycles. The number of carbonyl (C=O) groups excluding carboxylic acids is 1. The molecule has 1 amide bonds. The minimum absolute atomic E-state index is 0.0765. The standard InChI is InChI=1S/C23H21F2N5O4/c24-23(25)12-32-13-29-22(23)11-21(6-2-8-33-20(21)27)34-17-5-4-15(9-16(17)22)30-19(31)18-14(10-26)3-1-7-28-18/h1,3-5,7,9,13,20H,2,6,8,11-12,27H2,(H,30,31)/t20?,21-,22-/m1/s1. The van der Waals surface area contributed by atoms with Gasteiger partial charge in [0.2, 0.25) is 0 Å². The number of nitriles is 1. The lowest BCUT2D eigenvalue weighted by atomic mass is 9.70. The lowest BCUT2D eigenvalue weighted by Crippen LogP contribution is -2.65. The maximum absolute atomic E-state index is 15.5. The van der Waals surface area contributed by atoms with Gasteiger partial charge in [-0.25, -0.2) is 9.98 Å². The molecule has 0 bridgehead atoms. The quantitative estimate of drug-likeness (QED) is 0.691. The first kappa shape index (κ1) is 22.2. The summed E-state index contributed by atoms with van der Waals surface area (Å²) < 4.78 is 47.7. The SMILES string of the molecule is N#Cc1cccnc1C(=O)Nc1ccc2c(c1)[C@@]1(C[C@@]3(CCCOC3N)O2)N=COCC1(F)F. The molecule has 3 N–H and O–H groups in total. The molecule has 0 saturated carbocycles. The van der Waals surface area contributed by atoms with Gasteiger partial charge in [-0.1, -0.05) is 0 Å². The van der Waals surface area contributed by atoms with E-state index >= 15 is 8.78 Å². The van der Waals surface area contributed by atoms with Crippen molar-refractivity contribution < 1.29 is 27.8 Å². The number of rotatable bonds is 2. The average molecular weight is 469 g/mol. The summed E-state index contributed by atoms with van der Waals surface area (Å²) in [5.74, 6) is -3.86. The van der Waals surface area contributed by atoms with Gasteiger partial charge in [0.25, 0.3) is 5.91 Å². The van der Waals surface area contributed by atoms with Gasteiger partial charge >= 0.3 is 5.92 Å². The Labute approximate surface area is 193 Å². The molecule has 1 saturated heterocycles. The van der Waals surface area contributed by atoms with Crippen molar-refractivity contribution in [1.29, 1.82) is 5.26 Å². The molecule has 4 heterocycles. The third kappa shape index (κ3) is 3.38.